The van der Waals surface area contributed by atoms with Crippen molar-refractivity contribution >= 4 is 23.6 Å². The Labute approximate surface area is 99.0 Å². The van der Waals surface area contributed by atoms with Crippen LogP contribution in [-0.2, 0) is 4.79 Å². The van der Waals surface area contributed by atoms with Crippen molar-refractivity contribution in [1.29, 1.82) is 0 Å². The molecule has 0 saturated heterocycles. The second-order valence-electron chi connectivity index (χ2n) is 3.34. The van der Waals surface area contributed by atoms with E-state index < -0.39 is 6.10 Å². The maximum atomic E-state index is 11.2. The first kappa shape index (κ1) is 12.7. The second-order valence-corrected chi connectivity index (χ2v) is 3.73. The average Bonchev–Trinajstić information content (AvgIpc) is 2.23. The molecule has 1 amide bonds. The third-order valence-corrected chi connectivity index (χ3v) is 1.96. The smallest absolute Gasteiger partial charge is 0.244 e. The molecule has 0 aliphatic carbocycles. The molecule has 1 heterocycles. The Bertz CT molecular complexity index is 391. The summed E-state index contributed by atoms with van der Waals surface area (Å²) in [6, 6.07) is 3.39. The first-order chi connectivity index (χ1) is 7.58. The summed E-state index contributed by atoms with van der Waals surface area (Å²) in [5, 5.41) is 11.9. The van der Waals surface area contributed by atoms with Crippen LogP contribution in [0.1, 0.15) is 12.5 Å². The van der Waals surface area contributed by atoms with Crippen LogP contribution in [0.15, 0.2) is 24.4 Å². The molecule has 4 nitrogen and oxygen atoms in total. The van der Waals surface area contributed by atoms with Crippen molar-refractivity contribution in [3.05, 3.63) is 35.1 Å². The lowest BCUT2D eigenvalue weighted by Crippen LogP contribution is -2.28. The number of nitrogens with one attached hydrogen (secondary N) is 1. The van der Waals surface area contributed by atoms with E-state index in [2.05, 4.69) is 10.3 Å². The highest BCUT2D eigenvalue weighted by Gasteiger charge is 1.98. The number of hydrogen-bond donors (Lipinski definition) is 2. The zero-order chi connectivity index (χ0) is 12.0. The number of rotatable bonds is 4. The molecule has 0 aromatic carbocycles. The molecule has 1 aromatic rings. The number of halogens is 1. The number of aromatic nitrogens is 1. The average molecular weight is 241 g/mol. The molecule has 0 aliphatic rings. The van der Waals surface area contributed by atoms with E-state index in [-0.39, 0.29) is 12.5 Å². The Morgan fingerprint density at radius 1 is 1.75 bits per heavy atom. The standard InChI is InChI=1S/C11H13ClN2O2/c1-8(15)7-14-11(16)3-2-9-4-5-13-10(12)6-9/h2-6,8,15H,7H2,1H3,(H,14,16)/b3-2+. The molecule has 0 aliphatic heterocycles. The molecule has 5 heteroatoms. The van der Waals surface area contributed by atoms with Crippen LogP contribution in [0, 0.1) is 0 Å². The molecule has 0 radical (unpaired) electrons. The summed E-state index contributed by atoms with van der Waals surface area (Å²) in [5.41, 5.74) is 0.798. The van der Waals surface area contributed by atoms with Gasteiger partial charge in [0.15, 0.2) is 0 Å². The predicted molar refractivity (Wildman–Crippen MR) is 63.0 cm³/mol. The molecule has 0 spiro atoms. The predicted octanol–water partition coefficient (Wildman–Crippen LogP) is 1.25. The highest BCUT2D eigenvalue weighted by Crippen LogP contribution is 2.08. The Morgan fingerprint density at radius 3 is 3.12 bits per heavy atom. The Kier molecular flexibility index (Phi) is 4.95. The molecule has 1 rings (SSSR count). The molecular weight excluding hydrogens is 228 g/mol. The van der Waals surface area contributed by atoms with Gasteiger partial charge in [-0.15, -0.1) is 0 Å². The fraction of sp³-hybridized carbons (Fsp3) is 0.273. The lowest BCUT2D eigenvalue weighted by Gasteiger charge is -2.03. The Hall–Kier alpha value is -1.39. The van der Waals surface area contributed by atoms with Gasteiger partial charge in [-0.2, -0.15) is 0 Å². The van der Waals surface area contributed by atoms with Gasteiger partial charge < -0.3 is 10.4 Å². The minimum atomic E-state index is -0.548. The molecule has 86 valence electrons. The molecule has 0 fully saturated rings. The van der Waals surface area contributed by atoms with Crippen molar-refractivity contribution in [3.8, 4) is 0 Å². The van der Waals surface area contributed by atoms with Gasteiger partial charge in [-0.05, 0) is 30.7 Å². The van der Waals surface area contributed by atoms with Crippen LogP contribution < -0.4 is 5.32 Å². The first-order valence-corrected chi connectivity index (χ1v) is 5.21. The zero-order valence-corrected chi connectivity index (χ0v) is 9.61. The molecule has 0 saturated carbocycles. The van der Waals surface area contributed by atoms with Crippen LogP contribution in [-0.4, -0.2) is 28.6 Å². The normalized spacial score (nSPS) is 12.7. The summed E-state index contributed by atoms with van der Waals surface area (Å²) >= 11 is 5.68. The van der Waals surface area contributed by atoms with Crippen LogP contribution in [0.2, 0.25) is 5.15 Å². The van der Waals surface area contributed by atoms with E-state index in [1.165, 1.54) is 6.08 Å². The highest BCUT2D eigenvalue weighted by molar-refractivity contribution is 6.29. The minimum Gasteiger partial charge on any atom is -0.392 e. The molecule has 1 atom stereocenters. The summed E-state index contributed by atoms with van der Waals surface area (Å²) in [4.78, 5) is 15.1. The van der Waals surface area contributed by atoms with Crippen molar-refractivity contribution < 1.29 is 9.90 Å². The molecule has 2 N–H and O–H groups in total. The van der Waals surface area contributed by atoms with Crippen molar-refractivity contribution in [2.24, 2.45) is 0 Å². The van der Waals surface area contributed by atoms with Crippen LogP contribution in [0.4, 0.5) is 0 Å². The number of nitrogens with zero attached hydrogens (tertiary/aromatic N) is 1. The number of carbonyl (C=O) groups excluding carboxylic acids is 1. The van der Waals surface area contributed by atoms with E-state index >= 15 is 0 Å². The van der Waals surface area contributed by atoms with Crippen LogP contribution in [0.3, 0.4) is 0 Å². The molecule has 0 bridgehead atoms. The second kappa shape index (κ2) is 6.25. The number of hydrogen-bond acceptors (Lipinski definition) is 3. The number of aliphatic hydroxyl groups is 1. The maximum Gasteiger partial charge on any atom is 0.244 e. The van der Waals surface area contributed by atoms with Gasteiger partial charge >= 0.3 is 0 Å². The van der Waals surface area contributed by atoms with Gasteiger partial charge in [0, 0.05) is 18.8 Å². The van der Waals surface area contributed by atoms with Gasteiger partial charge in [0.1, 0.15) is 5.15 Å². The zero-order valence-electron chi connectivity index (χ0n) is 8.85. The molecule has 1 aromatic heterocycles. The van der Waals surface area contributed by atoms with Gasteiger partial charge in [0.2, 0.25) is 5.91 Å². The number of aliphatic hydroxyl groups excluding tert-OH is 1. The van der Waals surface area contributed by atoms with Crippen LogP contribution >= 0.6 is 11.6 Å². The highest BCUT2D eigenvalue weighted by atomic mass is 35.5. The third kappa shape index (κ3) is 4.91. The molecule has 16 heavy (non-hydrogen) atoms. The Balaban J connectivity index is 2.50. The number of pyridine rings is 1. The fourth-order valence-corrected chi connectivity index (χ4v) is 1.18. The van der Waals surface area contributed by atoms with Gasteiger partial charge in [-0.1, -0.05) is 11.6 Å². The van der Waals surface area contributed by atoms with E-state index in [1.807, 2.05) is 0 Å². The van der Waals surface area contributed by atoms with Gasteiger partial charge in [-0.3, -0.25) is 4.79 Å². The molecular formula is C11H13ClN2O2. The van der Waals surface area contributed by atoms with Crippen LogP contribution in [0.5, 0.6) is 0 Å². The summed E-state index contributed by atoms with van der Waals surface area (Å²) < 4.78 is 0. The molecule has 1 unspecified atom stereocenters. The monoisotopic (exact) mass is 240 g/mol. The summed E-state index contributed by atoms with van der Waals surface area (Å²) in [7, 11) is 0. The van der Waals surface area contributed by atoms with Crippen molar-refractivity contribution in [2.75, 3.05) is 6.54 Å². The number of carbonyl (C=O) groups is 1. The summed E-state index contributed by atoms with van der Waals surface area (Å²) in [6.07, 6.45) is 4.03. The van der Waals surface area contributed by atoms with Crippen molar-refractivity contribution in [2.45, 2.75) is 13.0 Å². The number of amides is 1. The fourth-order valence-electron chi connectivity index (χ4n) is 1.00. The van der Waals surface area contributed by atoms with Crippen molar-refractivity contribution in [1.82, 2.24) is 10.3 Å². The first-order valence-electron chi connectivity index (χ1n) is 4.83. The topological polar surface area (TPSA) is 62.2 Å². The van der Waals surface area contributed by atoms with Crippen molar-refractivity contribution in [3.63, 3.8) is 0 Å². The van der Waals surface area contributed by atoms with E-state index in [9.17, 15) is 4.79 Å². The quantitative estimate of drug-likeness (QED) is 0.615. The summed E-state index contributed by atoms with van der Waals surface area (Å²) in [5.74, 6) is -0.256. The summed E-state index contributed by atoms with van der Waals surface area (Å²) in [6.45, 7) is 1.84. The van der Waals surface area contributed by atoms with E-state index in [0.717, 1.165) is 5.56 Å². The van der Waals surface area contributed by atoms with Crippen LogP contribution in [0.25, 0.3) is 6.08 Å². The Morgan fingerprint density at radius 2 is 2.50 bits per heavy atom. The third-order valence-electron chi connectivity index (χ3n) is 1.75. The van der Waals surface area contributed by atoms with E-state index in [4.69, 9.17) is 16.7 Å². The van der Waals surface area contributed by atoms with Gasteiger partial charge in [0.05, 0.1) is 6.10 Å². The largest absolute Gasteiger partial charge is 0.392 e. The van der Waals surface area contributed by atoms with E-state index in [1.54, 1.807) is 31.3 Å². The van der Waals surface area contributed by atoms with Gasteiger partial charge in [0.25, 0.3) is 0 Å². The SMILES string of the molecule is CC(O)CNC(=O)/C=C/c1ccnc(Cl)c1. The van der Waals surface area contributed by atoms with Gasteiger partial charge in [-0.25, -0.2) is 4.98 Å². The minimum absolute atomic E-state index is 0.236. The van der Waals surface area contributed by atoms with E-state index in [0.29, 0.717) is 5.15 Å². The maximum absolute atomic E-state index is 11.2. The lowest BCUT2D eigenvalue weighted by molar-refractivity contribution is -0.116. The lowest BCUT2D eigenvalue weighted by atomic mass is 10.2.